The maximum Gasteiger partial charge on any atom is 0.237 e. The first-order chi connectivity index (χ1) is 9.45. The van der Waals surface area contributed by atoms with E-state index in [1.54, 1.807) is 13.8 Å². The van der Waals surface area contributed by atoms with Gasteiger partial charge in [-0.3, -0.25) is 10.1 Å². The van der Waals surface area contributed by atoms with E-state index < -0.39 is 5.54 Å². The molecule has 0 aliphatic rings. The molecule has 1 aromatic carbocycles. The summed E-state index contributed by atoms with van der Waals surface area (Å²) in [6.07, 6.45) is 1.03. The van der Waals surface area contributed by atoms with E-state index in [1.165, 1.54) is 0 Å². The summed E-state index contributed by atoms with van der Waals surface area (Å²) < 4.78 is 2.19. The third-order valence-electron chi connectivity index (χ3n) is 3.49. The zero-order chi connectivity index (χ0) is 14.8. The predicted octanol–water partition coefficient (Wildman–Crippen LogP) is 1.80. The summed E-state index contributed by atoms with van der Waals surface area (Å²) in [6, 6.07) is 8.07. The van der Waals surface area contributed by atoms with Gasteiger partial charge in [-0.1, -0.05) is 19.1 Å². The van der Waals surface area contributed by atoms with Crippen molar-refractivity contribution in [3.05, 3.63) is 30.1 Å². The van der Waals surface area contributed by atoms with Gasteiger partial charge in [-0.05, 0) is 32.4 Å². The van der Waals surface area contributed by atoms with Crippen molar-refractivity contribution >= 4 is 16.9 Å². The number of hydrogen-bond donors (Lipinski definition) is 2. The van der Waals surface area contributed by atoms with Gasteiger partial charge in [0.2, 0.25) is 5.91 Å². The Morgan fingerprint density at radius 3 is 2.75 bits per heavy atom. The predicted molar refractivity (Wildman–Crippen MR) is 80.1 cm³/mol. The third kappa shape index (κ3) is 2.82. The Bertz CT molecular complexity index is 615. The van der Waals surface area contributed by atoms with Gasteiger partial charge in [0.25, 0.3) is 0 Å². The first-order valence-electron chi connectivity index (χ1n) is 6.95. The summed E-state index contributed by atoms with van der Waals surface area (Å²) in [7, 11) is 0. The molecule has 2 rings (SSSR count). The lowest BCUT2D eigenvalue weighted by Crippen LogP contribution is -2.50. The van der Waals surface area contributed by atoms with Gasteiger partial charge >= 0.3 is 0 Å². The van der Waals surface area contributed by atoms with Gasteiger partial charge in [0.15, 0.2) is 0 Å². The third-order valence-corrected chi connectivity index (χ3v) is 3.49. The number of para-hydroxylation sites is 2. The summed E-state index contributed by atoms with van der Waals surface area (Å²) in [5.41, 5.74) is 6.75. The Hall–Kier alpha value is -1.88. The van der Waals surface area contributed by atoms with Crippen molar-refractivity contribution in [2.24, 2.45) is 5.73 Å². The van der Waals surface area contributed by atoms with Crippen LogP contribution in [-0.4, -0.2) is 21.0 Å². The topological polar surface area (TPSA) is 72.9 Å². The number of nitrogens with one attached hydrogen (secondary N) is 1. The summed E-state index contributed by atoms with van der Waals surface area (Å²) in [5, 5.41) is 3.18. The normalized spacial score (nSPS) is 11.9. The van der Waals surface area contributed by atoms with Crippen LogP contribution in [0, 0.1) is 0 Å². The van der Waals surface area contributed by atoms with Crippen LogP contribution >= 0.6 is 0 Å². The first-order valence-corrected chi connectivity index (χ1v) is 6.95. The molecular weight excluding hydrogens is 252 g/mol. The molecule has 5 heteroatoms. The van der Waals surface area contributed by atoms with Crippen LogP contribution in [-0.2, 0) is 17.9 Å². The minimum Gasteiger partial charge on any atom is -0.368 e. The Morgan fingerprint density at radius 1 is 1.40 bits per heavy atom. The molecule has 108 valence electrons. The van der Waals surface area contributed by atoms with Gasteiger partial charge in [0, 0.05) is 6.54 Å². The number of carbonyl (C=O) groups is 1. The van der Waals surface area contributed by atoms with Crippen molar-refractivity contribution in [1.82, 2.24) is 14.9 Å². The summed E-state index contributed by atoms with van der Waals surface area (Å²) in [6.45, 7) is 7.13. The highest BCUT2D eigenvalue weighted by atomic mass is 16.1. The highest BCUT2D eigenvalue weighted by molar-refractivity contribution is 5.83. The molecule has 0 bridgehead atoms. The minimum atomic E-state index is -0.741. The van der Waals surface area contributed by atoms with Crippen LogP contribution in [0.15, 0.2) is 24.3 Å². The van der Waals surface area contributed by atoms with E-state index in [0.29, 0.717) is 6.54 Å². The average molecular weight is 274 g/mol. The molecule has 2 aromatic rings. The van der Waals surface area contributed by atoms with Crippen LogP contribution in [0.5, 0.6) is 0 Å². The number of nitrogens with two attached hydrogens (primary N) is 1. The fraction of sp³-hybridized carbons (Fsp3) is 0.467. The lowest BCUT2D eigenvalue weighted by molar-refractivity contribution is -0.123. The maximum atomic E-state index is 11.4. The minimum absolute atomic E-state index is 0.365. The van der Waals surface area contributed by atoms with E-state index in [0.717, 1.165) is 29.8 Å². The van der Waals surface area contributed by atoms with Gasteiger partial charge in [-0.2, -0.15) is 0 Å². The zero-order valence-electron chi connectivity index (χ0n) is 12.3. The Labute approximate surface area is 119 Å². The van der Waals surface area contributed by atoms with E-state index in [-0.39, 0.29) is 5.91 Å². The number of fused-ring (bicyclic) bond motifs is 1. The smallest absolute Gasteiger partial charge is 0.237 e. The van der Waals surface area contributed by atoms with Crippen LogP contribution in [0.25, 0.3) is 11.0 Å². The van der Waals surface area contributed by atoms with Gasteiger partial charge in [0.1, 0.15) is 5.82 Å². The highest BCUT2D eigenvalue weighted by Gasteiger charge is 2.24. The summed E-state index contributed by atoms with van der Waals surface area (Å²) in [5.74, 6) is 0.568. The largest absolute Gasteiger partial charge is 0.368 e. The molecule has 0 saturated heterocycles. The number of amides is 1. The fourth-order valence-corrected chi connectivity index (χ4v) is 2.12. The van der Waals surface area contributed by atoms with Crippen LogP contribution in [0.4, 0.5) is 0 Å². The molecule has 0 fully saturated rings. The molecule has 0 saturated carbocycles. The quantitative estimate of drug-likeness (QED) is 0.843. The molecule has 0 atom stereocenters. The van der Waals surface area contributed by atoms with Crippen molar-refractivity contribution in [1.29, 1.82) is 0 Å². The molecule has 0 radical (unpaired) electrons. The number of aryl methyl sites for hydroxylation is 1. The SMILES string of the molecule is CCCn1c(CNC(C)(C)C(N)=O)nc2ccccc21. The Balaban J connectivity index is 2.29. The number of aromatic nitrogens is 2. The standard InChI is InChI=1S/C15H22N4O/c1-4-9-19-12-8-6-5-7-11(12)18-13(19)10-17-15(2,3)14(16)20/h5-8,17H,4,9-10H2,1-3H3,(H2,16,20). The summed E-state index contributed by atoms with van der Waals surface area (Å²) in [4.78, 5) is 16.0. The molecule has 20 heavy (non-hydrogen) atoms. The second-order valence-corrected chi connectivity index (χ2v) is 5.51. The van der Waals surface area contributed by atoms with Gasteiger partial charge in [-0.15, -0.1) is 0 Å². The molecule has 1 amide bonds. The van der Waals surface area contributed by atoms with E-state index in [1.807, 2.05) is 18.2 Å². The molecule has 3 N–H and O–H groups in total. The molecule has 5 nitrogen and oxygen atoms in total. The van der Waals surface area contributed by atoms with Gasteiger partial charge in [-0.25, -0.2) is 4.98 Å². The molecule has 1 heterocycles. The number of benzene rings is 1. The van der Waals surface area contributed by atoms with Crippen molar-refractivity contribution in [3.63, 3.8) is 0 Å². The van der Waals surface area contributed by atoms with Crippen LogP contribution in [0.2, 0.25) is 0 Å². The zero-order valence-corrected chi connectivity index (χ0v) is 12.3. The molecular formula is C15H22N4O. The second-order valence-electron chi connectivity index (χ2n) is 5.51. The van der Waals surface area contributed by atoms with Crippen molar-refractivity contribution in [2.75, 3.05) is 0 Å². The van der Waals surface area contributed by atoms with Crippen molar-refractivity contribution < 1.29 is 4.79 Å². The molecule has 0 aliphatic heterocycles. The number of carbonyl (C=O) groups excluding carboxylic acids is 1. The average Bonchev–Trinajstić information content (AvgIpc) is 2.75. The lowest BCUT2D eigenvalue weighted by Gasteiger charge is -2.22. The Kier molecular flexibility index (Phi) is 4.09. The molecule has 0 unspecified atom stereocenters. The second kappa shape index (κ2) is 5.63. The van der Waals surface area contributed by atoms with Gasteiger partial charge in [0.05, 0.1) is 23.1 Å². The number of imidazole rings is 1. The Morgan fingerprint density at radius 2 is 2.10 bits per heavy atom. The van der Waals surface area contributed by atoms with Crippen LogP contribution in [0.3, 0.4) is 0 Å². The number of hydrogen-bond acceptors (Lipinski definition) is 3. The van der Waals surface area contributed by atoms with Crippen molar-refractivity contribution in [2.45, 2.75) is 45.8 Å². The number of primary amides is 1. The van der Waals surface area contributed by atoms with E-state index >= 15 is 0 Å². The van der Waals surface area contributed by atoms with E-state index in [2.05, 4.69) is 27.9 Å². The summed E-state index contributed by atoms with van der Waals surface area (Å²) >= 11 is 0. The fourth-order valence-electron chi connectivity index (χ4n) is 2.12. The van der Waals surface area contributed by atoms with E-state index in [9.17, 15) is 4.79 Å². The lowest BCUT2D eigenvalue weighted by atomic mass is 10.1. The number of nitrogens with zero attached hydrogens (tertiary/aromatic N) is 2. The first kappa shape index (κ1) is 14.5. The van der Waals surface area contributed by atoms with Gasteiger partial charge < -0.3 is 10.3 Å². The number of rotatable bonds is 6. The van der Waals surface area contributed by atoms with E-state index in [4.69, 9.17) is 5.73 Å². The van der Waals surface area contributed by atoms with Crippen molar-refractivity contribution in [3.8, 4) is 0 Å². The monoisotopic (exact) mass is 274 g/mol. The van der Waals surface area contributed by atoms with Crippen LogP contribution < -0.4 is 11.1 Å². The molecule has 1 aromatic heterocycles. The molecule has 0 aliphatic carbocycles. The highest BCUT2D eigenvalue weighted by Crippen LogP contribution is 2.17. The van der Waals surface area contributed by atoms with Crippen LogP contribution in [0.1, 0.15) is 33.0 Å². The molecule has 0 spiro atoms. The maximum absolute atomic E-state index is 11.4.